The van der Waals surface area contributed by atoms with Crippen molar-refractivity contribution in [2.45, 2.75) is 57.5 Å². The van der Waals surface area contributed by atoms with Crippen molar-refractivity contribution in [2.24, 2.45) is 11.7 Å². The number of aromatic nitrogens is 1. The van der Waals surface area contributed by atoms with Crippen LogP contribution in [0, 0.1) is 5.92 Å². The Labute approximate surface area is 202 Å². The van der Waals surface area contributed by atoms with E-state index in [1.165, 1.54) is 6.92 Å². The van der Waals surface area contributed by atoms with E-state index < -0.39 is 66.5 Å². The van der Waals surface area contributed by atoms with Gasteiger partial charge >= 0.3 is 5.97 Å². The molecular formula is C23H33N5O7. The van der Waals surface area contributed by atoms with E-state index in [0.717, 1.165) is 16.5 Å². The molecule has 1 aromatic carbocycles. The third kappa shape index (κ3) is 7.25. The summed E-state index contributed by atoms with van der Waals surface area (Å²) in [5, 5.41) is 36.1. The summed E-state index contributed by atoms with van der Waals surface area (Å²) in [7, 11) is 0. The van der Waals surface area contributed by atoms with Crippen LogP contribution in [-0.4, -0.2) is 80.9 Å². The molecule has 0 saturated carbocycles. The summed E-state index contributed by atoms with van der Waals surface area (Å²) in [5.74, 6) is -4.21. The Morgan fingerprint density at radius 2 is 1.60 bits per heavy atom. The van der Waals surface area contributed by atoms with Crippen LogP contribution in [0.5, 0.6) is 0 Å². The summed E-state index contributed by atoms with van der Waals surface area (Å²) in [5.41, 5.74) is 7.84. The Bertz CT molecular complexity index is 1050. The van der Waals surface area contributed by atoms with Gasteiger partial charge in [0, 0.05) is 17.1 Å². The molecule has 9 N–H and O–H groups in total. The van der Waals surface area contributed by atoms with Gasteiger partial charge in [0.1, 0.15) is 12.1 Å². The van der Waals surface area contributed by atoms with E-state index in [-0.39, 0.29) is 6.42 Å². The lowest BCUT2D eigenvalue weighted by Gasteiger charge is -2.26. The number of carboxylic acids is 1. The molecule has 0 bridgehead atoms. The van der Waals surface area contributed by atoms with Gasteiger partial charge in [-0.1, -0.05) is 32.0 Å². The van der Waals surface area contributed by atoms with Gasteiger partial charge < -0.3 is 42.0 Å². The molecule has 0 aliphatic carbocycles. The molecule has 2 rings (SSSR count). The SMILES string of the molecule is CC(C)C(NC(=O)C(N)Cc1c[nH]c2ccccc12)C(=O)NC(CO)C(=O)NC(C(=O)O)C(C)O. The van der Waals surface area contributed by atoms with Crippen molar-refractivity contribution in [3.05, 3.63) is 36.0 Å². The minimum absolute atomic E-state index is 0.222. The van der Waals surface area contributed by atoms with E-state index in [1.807, 2.05) is 24.3 Å². The molecule has 0 aliphatic rings. The molecule has 1 heterocycles. The van der Waals surface area contributed by atoms with Crippen molar-refractivity contribution in [3.63, 3.8) is 0 Å². The topological polar surface area (TPSA) is 207 Å². The zero-order chi connectivity index (χ0) is 26.3. The number of hydrogen-bond donors (Lipinski definition) is 8. The zero-order valence-electron chi connectivity index (χ0n) is 19.8. The molecule has 0 aliphatic heterocycles. The van der Waals surface area contributed by atoms with E-state index in [9.17, 15) is 29.4 Å². The molecule has 5 atom stereocenters. The Balaban J connectivity index is 2.04. The average Bonchev–Trinajstić information content (AvgIpc) is 3.20. The number of carbonyl (C=O) groups is 4. The number of hydrogen-bond acceptors (Lipinski definition) is 7. The predicted octanol–water partition coefficient (Wildman–Crippen LogP) is -1.39. The predicted molar refractivity (Wildman–Crippen MR) is 127 cm³/mol. The Hall–Kier alpha value is -3.48. The van der Waals surface area contributed by atoms with Crippen LogP contribution in [0.3, 0.4) is 0 Å². The fourth-order valence-corrected chi connectivity index (χ4v) is 3.52. The highest BCUT2D eigenvalue weighted by Crippen LogP contribution is 2.19. The van der Waals surface area contributed by atoms with Gasteiger partial charge in [0.2, 0.25) is 17.7 Å². The van der Waals surface area contributed by atoms with Crippen molar-refractivity contribution < 1.29 is 34.5 Å². The second-order valence-electron chi connectivity index (χ2n) is 8.71. The van der Waals surface area contributed by atoms with Gasteiger partial charge in [0.05, 0.1) is 18.8 Å². The third-order valence-corrected chi connectivity index (χ3v) is 5.56. The first-order chi connectivity index (χ1) is 16.5. The number of para-hydroxylation sites is 1. The zero-order valence-corrected chi connectivity index (χ0v) is 19.8. The van der Waals surface area contributed by atoms with Crippen LogP contribution >= 0.6 is 0 Å². The number of H-pyrrole nitrogens is 1. The summed E-state index contributed by atoms with van der Waals surface area (Å²) < 4.78 is 0. The van der Waals surface area contributed by atoms with Gasteiger partial charge in [0.25, 0.3) is 0 Å². The number of nitrogens with one attached hydrogen (secondary N) is 4. The molecule has 0 saturated heterocycles. The molecule has 35 heavy (non-hydrogen) atoms. The molecule has 2 aromatic rings. The van der Waals surface area contributed by atoms with Crippen LogP contribution in [0.4, 0.5) is 0 Å². The van der Waals surface area contributed by atoms with E-state index in [1.54, 1.807) is 20.0 Å². The number of benzene rings is 1. The molecule has 0 fully saturated rings. The highest BCUT2D eigenvalue weighted by molar-refractivity contribution is 5.94. The highest BCUT2D eigenvalue weighted by atomic mass is 16.4. The van der Waals surface area contributed by atoms with Crippen molar-refractivity contribution in [2.75, 3.05) is 6.61 Å². The number of aromatic amines is 1. The van der Waals surface area contributed by atoms with E-state index in [2.05, 4.69) is 20.9 Å². The number of aliphatic hydroxyl groups is 2. The minimum atomic E-state index is -1.63. The summed E-state index contributed by atoms with van der Waals surface area (Å²) >= 11 is 0. The molecule has 0 spiro atoms. The van der Waals surface area contributed by atoms with Crippen LogP contribution in [0.2, 0.25) is 0 Å². The highest BCUT2D eigenvalue weighted by Gasteiger charge is 2.32. The second-order valence-corrected chi connectivity index (χ2v) is 8.71. The number of rotatable bonds is 12. The van der Waals surface area contributed by atoms with Crippen LogP contribution in [0.1, 0.15) is 26.3 Å². The van der Waals surface area contributed by atoms with E-state index in [0.29, 0.717) is 0 Å². The van der Waals surface area contributed by atoms with Gasteiger partial charge in [0.15, 0.2) is 6.04 Å². The molecule has 1 aromatic heterocycles. The molecule has 12 heteroatoms. The van der Waals surface area contributed by atoms with Crippen molar-refractivity contribution in [1.29, 1.82) is 0 Å². The summed E-state index contributed by atoms with van der Waals surface area (Å²) in [6, 6.07) is 2.40. The quantitative estimate of drug-likeness (QED) is 0.177. The van der Waals surface area contributed by atoms with Crippen LogP contribution in [0.15, 0.2) is 30.5 Å². The molecular weight excluding hydrogens is 458 g/mol. The Morgan fingerprint density at radius 1 is 0.971 bits per heavy atom. The van der Waals surface area contributed by atoms with Crippen LogP contribution in [-0.2, 0) is 25.6 Å². The lowest BCUT2D eigenvalue weighted by atomic mass is 10.0. The number of carbonyl (C=O) groups excluding carboxylic acids is 3. The normalized spacial score (nSPS) is 15.6. The second kappa shape index (κ2) is 12.3. The molecule has 0 radical (unpaired) electrons. The van der Waals surface area contributed by atoms with E-state index >= 15 is 0 Å². The maximum atomic E-state index is 12.8. The number of aliphatic hydroxyl groups excluding tert-OH is 2. The average molecular weight is 492 g/mol. The van der Waals surface area contributed by atoms with Gasteiger partial charge in [-0.05, 0) is 30.9 Å². The molecule has 12 nitrogen and oxygen atoms in total. The van der Waals surface area contributed by atoms with Crippen molar-refractivity contribution in [3.8, 4) is 0 Å². The maximum absolute atomic E-state index is 12.8. The van der Waals surface area contributed by atoms with E-state index in [4.69, 9.17) is 10.8 Å². The fourth-order valence-electron chi connectivity index (χ4n) is 3.52. The van der Waals surface area contributed by atoms with Crippen LogP contribution < -0.4 is 21.7 Å². The lowest BCUT2D eigenvalue weighted by molar-refractivity contribution is -0.145. The molecule has 5 unspecified atom stereocenters. The minimum Gasteiger partial charge on any atom is -0.480 e. The largest absolute Gasteiger partial charge is 0.480 e. The standard InChI is InChI=1S/C23H33N5O7/c1-11(2)18(22(33)26-17(10-29)21(32)28-19(12(3)30)23(34)35)27-20(31)15(24)8-13-9-25-16-7-5-4-6-14(13)16/h4-7,9,11-12,15,17-19,25,29-30H,8,10,24H2,1-3H3,(H,26,33)(H,27,31)(H,28,32)(H,34,35). The summed E-state index contributed by atoms with van der Waals surface area (Å²) in [6.45, 7) is 3.70. The maximum Gasteiger partial charge on any atom is 0.328 e. The molecule has 3 amide bonds. The first-order valence-corrected chi connectivity index (χ1v) is 11.2. The lowest BCUT2D eigenvalue weighted by Crippen LogP contribution is -2.60. The number of amides is 3. The van der Waals surface area contributed by atoms with Gasteiger partial charge in [-0.3, -0.25) is 14.4 Å². The van der Waals surface area contributed by atoms with Crippen molar-refractivity contribution in [1.82, 2.24) is 20.9 Å². The Kier molecular flexibility index (Phi) is 9.75. The number of fused-ring (bicyclic) bond motifs is 1. The summed E-state index contributed by atoms with van der Waals surface area (Å²) in [6.07, 6.45) is 0.583. The van der Waals surface area contributed by atoms with Gasteiger partial charge in [-0.15, -0.1) is 0 Å². The van der Waals surface area contributed by atoms with Crippen LogP contribution in [0.25, 0.3) is 10.9 Å². The Morgan fingerprint density at radius 3 is 2.17 bits per heavy atom. The number of aliphatic carboxylic acids is 1. The number of nitrogens with two attached hydrogens (primary N) is 1. The van der Waals surface area contributed by atoms with Crippen molar-refractivity contribution >= 4 is 34.6 Å². The monoisotopic (exact) mass is 491 g/mol. The first kappa shape index (κ1) is 27.8. The van der Waals surface area contributed by atoms with Gasteiger partial charge in [-0.25, -0.2) is 4.79 Å². The molecule has 192 valence electrons. The summed E-state index contributed by atoms with van der Waals surface area (Å²) in [4.78, 5) is 52.3. The fraction of sp³-hybridized carbons (Fsp3) is 0.478. The third-order valence-electron chi connectivity index (χ3n) is 5.56. The number of carboxylic acid groups (broad SMARTS) is 1. The first-order valence-electron chi connectivity index (χ1n) is 11.2. The smallest absolute Gasteiger partial charge is 0.328 e. The van der Waals surface area contributed by atoms with Gasteiger partial charge in [-0.2, -0.15) is 0 Å².